The molecule has 1 unspecified atom stereocenters. The van der Waals surface area contributed by atoms with E-state index >= 15 is 0 Å². The fourth-order valence-electron chi connectivity index (χ4n) is 2.65. The molecule has 1 radical (unpaired) electrons. The molecule has 23 heavy (non-hydrogen) atoms. The number of benzene rings is 2. The number of methoxy groups -OCH3 is 2. The Labute approximate surface area is 138 Å². The summed E-state index contributed by atoms with van der Waals surface area (Å²) in [5.74, 6) is 1.56. The monoisotopic (exact) mass is 311 g/mol. The van der Waals surface area contributed by atoms with Crippen molar-refractivity contribution in [3.63, 3.8) is 0 Å². The second-order valence-corrected chi connectivity index (χ2v) is 5.41. The largest absolute Gasteiger partial charge is 0.497 e. The standard InChI is InChI=1S/C20H23O3/c1-5-14(6-2)15-7-9-16(10-8-15)20(21)18-12-11-17(22-3)13-19(18)23-4/h7-14H,1,5-6H2,2-4H3. The topological polar surface area (TPSA) is 35.5 Å². The normalized spacial score (nSPS) is 10.7. The first-order valence-electron chi connectivity index (χ1n) is 7.80. The molecule has 3 nitrogen and oxygen atoms in total. The Hall–Kier alpha value is -2.29. The molecule has 2 aromatic rings. The van der Waals surface area contributed by atoms with Gasteiger partial charge in [-0.25, -0.2) is 0 Å². The minimum Gasteiger partial charge on any atom is -0.497 e. The molecule has 0 N–H and O–H groups in total. The van der Waals surface area contributed by atoms with Crippen molar-refractivity contribution in [3.05, 3.63) is 66.1 Å². The van der Waals surface area contributed by atoms with Gasteiger partial charge in [0.15, 0.2) is 5.78 Å². The Kier molecular flexibility index (Phi) is 5.80. The van der Waals surface area contributed by atoms with Crippen LogP contribution >= 0.6 is 0 Å². The van der Waals surface area contributed by atoms with Crippen LogP contribution in [-0.2, 0) is 0 Å². The summed E-state index contributed by atoms with van der Waals surface area (Å²) in [6.07, 6.45) is 1.90. The number of ketones is 1. The van der Waals surface area contributed by atoms with Crippen molar-refractivity contribution >= 4 is 5.78 Å². The van der Waals surface area contributed by atoms with E-state index in [1.165, 1.54) is 5.56 Å². The molecule has 0 saturated carbocycles. The van der Waals surface area contributed by atoms with Gasteiger partial charge in [-0.2, -0.15) is 0 Å². The minimum atomic E-state index is -0.0567. The zero-order valence-electron chi connectivity index (χ0n) is 14.0. The van der Waals surface area contributed by atoms with Gasteiger partial charge in [0, 0.05) is 11.6 Å². The number of rotatable bonds is 7. The fourth-order valence-corrected chi connectivity index (χ4v) is 2.65. The third-order valence-corrected chi connectivity index (χ3v) is 4.14. The molecule has 0 amide bonds. The second kappa shape index (κ2) is 7.82. The lowest BCUT2D eigenvalue weighted by molar-refractivity contribution is 0.103. The molecular weight excluding hydrogens is 288 g/mol. The molecule has 2 rings (SSSR count). The third kappa shape index (κ3) is 3.73. The van der Waals surface area contributed by atoms with Gasteiger partial charge >= 0.3 is 0 Å². The lowest BCUT2D eigenvalue weighted by Gasteiger charge is -2.13. The van der Waals surface area contributed by atoms with Gasteiger partial charge in [0.2, 0.25) is 0 Å². The molecule has 0 aromatic heterocycles. The summed E-state index contributed by atoms with van der Waals surface area (Å²) in [5, 5.41) is 0. The summed E-state index contributed by atoms with van der Waals surface area (Å²) in [7, 11) is 3.14. The van der Waals surface area contributed by atoms with E-state index in [4.69, 9.17) is 9.47 Å². The summed E-state index contributed by atoms with van der Waals surface area (Å²) < 4.78 is 10.5. The number of hydrogen-bond donors (Lipinski definition) is 0. The molecule has 121 valence electrons. The van der Waals surface area contributed by atoms with Crippen LogP contribution in [0.5, 0.6) is 11.5 Å². The maximum absolute atomic E-state index is 12.7. The van der Waals surface area contributed by atoms with Gasteiger partial charge in [-0.15, -0.1) is 0 Å². The van der Waals surface area contributed by atoms with Crippen molar-refractivity contribution in [1.29, 1.82) is 0 Å². The summed E-state index contributed by atoms with van der Waals surface area (Å²) in [6, 6.07) is 13.0. The molecule has 0 saturated heterocycles. The first kappa shape index (κ1) is 17.1. The minimum absolute atomic E-state index is 0.0567. The van der Waals surface area contributed by atoms with Gasteiger partial charge in [0.1, 0.15) is 11.5 Å². The van der Waals surface area contributed by atoms with E-state index in [9.17, 15) is 4.79 Å². The predicted molar refractivity (Wildman–Crippen MR) is 92.4 cm³/mol. The Morgan fingerprint density at radius 2 is 1.78 bits per heavy atom. The van der Waals surface area contributed by atoms with Crippen molar-refractivity contribution < 1.29 is 14.3 Å². The Balaban J connectivity index is 2.30. The van der Waals surface area contributed by atoms with Gasteiger partial charge in [-0.05, 0) is 36.5 Å². The molecule has 3 heteroatoms. The van der Waals surface area contributed by atoms with Crippen LogP contribution in [0.1, 0.15) is 47.2 Å². The van der Waals surface area contributed by atoms with Crippen LogP contribution in [-0.4, -0.2) is 20.0 Å². The molecule has 2 aromatic carbocycles. The van der Waals surface area contributed by atoms with Gasteiger partial charge < -0.3 is 9.47 Å². The maximum Gasteiger partial charge on any atom is 0.196 e. The van der Waals surface area contributed by atoms with Gasteiger partial charge in [0.25, 0.3) is 0 Å². The van der Waals surface area contributed by atoms with Crippen LogP contribution in [0, 0.1) is 6.92 Å². The Morgan fingerprint density at radius 3 is 2.30 bits per heavy atom. The Morgan fingerprint density at radius 1 is 1.09 bits per heavy atom. The molecular formula is C20H23O3. The van der Waals surface area contributed by atoms with E-state index < -0.39 is 0 Å². The van der Waals surface area contributed by atoms with Gasteiger partial charge in [-0.3, -0.25) is 4.79 Å². The van der Waals surface area contributed by atoms with Crippen LogP contribution in [0.3, 0.4) is 0 Å². The first-order chi connectivity index (χ1) is 11.1. The SMILES string of the molecule is [CH2]CC(CC)c1ccc(C(=O)c2ccc(OC)cc2OC)cc1. The van der Waals surface area contributed by atoms with Crippen LogP contribution < -0.4 is 9.47 Å². The molecule has 0 aliphatic heterocycles. The summed E-state index contributed by atoms with van der Waals surface area (Å²) in [5.41, 5.74) is 2.40. The fraction of sp³-hybridized carbons (Fsp3) is 0.300. The maximum atomic E-state index is 12.7. The lowest BCUT2D eigenvalue weighted by Crippen LogP contribution is -2.05. The van der Waals surface area contributed by atoms with E-state index in [1.807, 2.05) is 24.3 Å². The van der Waals surface area contributed by atoms with Gasteiger partial charge in [0.05, 0.1) is 19.8 Å². The van der Waals surface area contributed by atoms with E-state index in [2.05, 4.69) is 13.8 Å². The van der Waals surface area contributed by atoms with Crippen molar-refractivity contribution in [2.75, 3.05) is 14.2 Å². The summed E-state index contributed by atoms with van der Waals surface area (Å²) in [6.45, 7) is 6.13. The van der Waals surface area contributed by atoms with Crippen molar-refractivity contribution in [3.8, 4) is 11.5 Å². The smallest absolute Gasteiger partial charge is 0.196 e. The summed E-state index contributed by atoms with van der Waals surface area (Å²) >= 11 is 0. The highest BCUT2D eigenvalue weighted by Crippen LogP contribution is 2.28. The van der Waals surface area contributed by atoms with Gasteiger partial charge in [-0.1, -0.05) is 38.1 Å². The van der Waals surface area contributed by atoms with Crippen LogP contribution in [0.4, 0.5) is 0 Å². The third-order valence-electron chi connectivity index (χ3n) is 4.14. The quantitative estimate of drug-likeness (QED) is 0.698. The second-order valence-electron chi connectivity index (χ2n) is 5.41. The molecule has 0 fully saturated rings. The zero-order chi connectivity index (χ0) is 16.8. The number of ether oxygens (including phenoxy) is 2. The van der Waals surface area contributed by atoms with Crippen molar-refractivity contribution in [2.45, 2.75) is 25.7 Å². The molecule has 1 atom stereocenters. The summed E-state index contributed by atoms with van der Waals surface area (Å²) in [4.78, 5) is 12.7. The van der Waals surface area contributed by atoms with Crippen LogP contribution in [0.25, 0.3) is 0 Å². The van der Waals surface area contributed by atoms with E-state index in [0.717, 1.165) is 12.8 Å². The molecule has 0 spiro atoms. The molecule has 0 heterocycles. The van der Waals surface area contributed by atoms with Crippen LogP contribution in [0.15, 0.2) is 42.5 Å². The molecule has 0 aliphatic rings. The lowest BCUT2D eigenvalue weighted by atomic mass is 9.92. The van der Waals surface area contributed by atoms with Crippen molar-refractivity contribution in [2.24, 2.45) is 0 Å². The highest BCUT2D eigenvalue weighted by molar-refractivity contribution is 6.10. The average Bonchev–Trinajstić information content (AvgIpc) is 2.62. The number of hydrogen-bond acceptors (Lipinski definition) is 3. The molecule has 0 aliphatic carbocycles. The highest BCUT2D eigenvalue weighted by Gasteiger charge is 2.16. The molecule has 0 bridgehead atoms. The predicted octanol–water partition coefficient (Wildman–Crippen LogP) is 4.65. The van der Waals surface area contributed by atoms with Crippen molar-refractivity contribution in [1.82, 2.24) is 0 Å². The highest BCUT2D eigenvalue weighted by atomic mass is 16.5. The van der Waals surface area contributed by atoms with Crippen LogP contribution in [0.2, 0.25) is 0 Å². The first-order valence-corrected chi connectivity index (χ1v) is 7.80. The average molecular weight is 311 g/mol. The zero-order valence-corrected chi connectivity index (χ0v) is 14.0. The van der Waals surface area contributed by atoms with E-state index in [-0.39, 0.29) is 5.78 Å². The number of carbonyl (C=O) groups excluding carboxylic acids is 1. The Bertz CT molecular complexity index is 655. The van der Waals surface area contributed by atoms with E-state index in [0.29, 0.717) is 28.5 Å². The number of carbonyl (C=O) groups is 1. The van der Waals surface area contributed by atoms with E-state index in [1.54, 1.807) is 32.4 Å².